The predicted octanol–water partition coefficient (Wildman–Crippen LogP) is 5.11. The number of rotatable bonds is 7. The monoisotopic (exact) mass is 524 g/mol. The molecule has 5 unspecified atom stereocenters. The molecule has 0 radical (unpaired) electrons. The highest BCUT2D eigenvalue weighted by Crippen LogP contribution is 2.71. The summed E-state index contributed by atoms with van der Waals surface area (Å²) in [5, 5.41) is 9.53. The van der Waals surface area contributed by atoms with Gasteiger partial charge >= 0.3 is 5.97 Å². The van der Waals surface area contributed by atoms with Crippen molar-refractivity contribution < 1.29 is 9.90 Å². The van der Waals surface area contributed by atoms with Gasteiger partial charge in [-0.2, -0.15) is 0 Å². The Hall–Kier alpha value is -1.47. The van der Waals surface area contributed by atoms with Gasteiger partial charge < -0.3 is 28.0 Å². The van der Waals surface area contributed by atoms with Gasteiger partial charge in [0.1, 0.15) is 0 Å². The molecule has 0 aromatic heterocycles. The smallest absolute Gasteiger partial charge is 0.335 e. The highest BCUT2D eigenvalue weighted by Gasteiger charge is 2.76. The van der Waals surface area contributed by atoms with Gasteiger partial charge in [-0.3, -0.25) is 0 Å². The van der Waals surface area contributed by atoms with Crippen LogP contribution in [0.25, 0.3) is 0 Å². The van der Waals surface area contributed by atoms with Gasteiger partial charge in [-0.1, -0.05) is 64.7 Å². The molecule has 0 spiro atoms. The molecule has 1 aromatic rings. The minimum atomic E-state index is -0.853. The van der Waals surface area contributed by atoms with E-state index in [0.29, 0.717) is 17.4 Å². The topological polar surface area (TPSA) is 141 Å². The maximum Gasteiger partial charge on any atom is 0.335 e. The van der Waals surface area contributed by atoms with Crippen LogP contribution >= 0.6 is 0 Å². The third kappa shape index (κ3) is 3.55. The minimum absolute atomic E-state index is 0.0541. The summed E-state index contributed by atoms with van der Waals surface area (Å²) >= 11 is 0. The van der Waals surface area contributed by atoms with Gasteiger partial charge in [0, 0.05) is 27.6 Å². The Morgan fingerprint density at radius 3 is 2.37 bits per heavy atom. The molecule has 1 aromatic carbocycles. The Bertz CT molecular complexity index is 1080. The SMILES string of the molecule is CC[C@H]1CC2(N)C3CC[C@](N)(CCCCc4ccccc4C(=O)O)C3(C)CC[C@]2(N)C2(C)CCCCC12N. The normalized spacial score (nSPS) is 46.2. The van der Waals surface area contributed by atoms with E-state index in [2.05, 4.69) is 20.8 Å². The van der Waals surface area contributed by atoms with Gasteiger partial charge in [0.05, 0.1) is 5.56 Å². The predicted molar refractivity (Wildman–Crippen MR) is 154 cm³/mol. The quantitative estimate of drug-likeness (QED) is 0.314. The fourth-order valence-corrected chi connectivity index (χ4v) is 10.6. The fourth-order valence-electron chi connectivity index (χ4n) is 10.6. The lowest BCUT2D eigenvalue weighted by atomic mass is 9.34. The molecule has 6 heteroatoms. The summed E-state index contributed by atoms with van der Waals surface area (Å²) in [5.41, 5.74) is 29.7. The van der Waals surface area contributed by atoms with E-state index in [0.717, 1.165) is 82.6 Å². The van der Waals surface area contributed by atoms with Crippen molar-refractivity contribution in [3.63, 3.8) is 0 Å². The lowest BCUT2D eigenvalue weighted by Crippen LogP contribution is -2.88. The average molecular weight is 525 g/mol. The van der Waals surface area contributed by atoms with Gasteiger partial charge in [0.2, 0.25) is 0 Å². The number of carboxylic acid groups (broad SMARTS) is 1. The van der Waals surface area contributed by atoms with E-state index >= 15 is 0 Å². The summed E-state index contributed by atoms with van der Waals surface area (Å²) < 4.78 is 0. The molecule has 4 saturated carbocycles. The molecule has 0 amide bonds. The molecule has 0 aliphatic heterocycles. The molecule has 0 bridgehead atoms. The Morgan fingerprint density at radius 1 is 0.947 bits per heavy atom. The van der Waals surface area contributed by atoms with E-state index in [1.54, 1.807) is 12.1 Å². The summed E-state index contributed by atoms with van der Waals surface area (Å²) in [6.45, 7) is 7.08. The number of aromatic carboxylic acids is 1. The van der Waals surface area contributed by atoms with Crippen LogP contribution in [0.2, 0.25) is 0 Å². The fraction of sp³-hybridized carbons (Fsp3) is 0.781. The van der Waals surface area contributed by atoms with Crippen LogP contribution in [0.3, 0.4) is 0 Å². The Balaban J connectivity index is 1.37. The minimum Gasteiger partial charge on any atom is -0.478 e. The second-order valence-electron chi connectivity index (χ2n) is 14.2. The molecular formula is C32H52N4O2. The molecule has 4 aliphatic rings. The van der Waals surface area contributed by atoms with Crippen molar-refractivity contribution in [1.82, 2.24) is 0 Å². The zero-order chi connectivity index (χ0) is 27.6. The number of aryl methyl sites for hydroxylation is 1. The number of nitrogens with two attached hydrogens (primary N) is 4. The number of benzene rings is 1. The second-order valence-corrected chi connectivity index (χ2v) is 14.2. The zero-order valence-electron chi connectivity index (χ0n) is 24.0. The number of carbonyl (C=O) groups is 1. The molecule has 4 fully saturated rings. The van der Waals surface area contributed by atoms with Crippen LogP contribution in [0.4, 0.5) is 0 Å². The number of hydrogen-bond acceptors (Lipinski definition) is 5. The number of fused-ring (bicyclic) bond motifs is 5. The molecule has 0 saturated heterocycles. The number of hydrogen-bond donors (Lipinski definition) is 5. The maximum absolute atomic E-state index is 11.6. The Labute approximate surface area is 229 Å². The lowest BCUT2D eigenvalue weighted by Gasteiger charge is -2.75. The van der Waals surface area contributed by atoms with Crippen LogP contribution < -0.4 is 22.9 Å². The van der Waals surface area contributed by atoms with Gasteiger partial charge in [-0.15, -0.1) is 0 Å². The van der Waals surface area contributed by atoms with E-state index in [-0.39, 0.29) is 21.9 Å². The van der Waals surface area contributed by atoms with Crippen molar-refractivity contribution in [1.29, 1.82) is 0 Å². The summed E-state index contributed by atoms with van der Waals surface area (Å²) in [7, 11) is 0. The molecule has 0 heterocycles. The maximum atomic E-state index is 11.6. The van der Waals surface area contributed by atoms with Gasteiger partial charge in [0.15, 0.2) is 0 Å². The van der Waals surface area contributed by atoms with Crippen molar-refractivity contribution in [2.75, 3.05) is 0 Å². The molecule has 9 N–H and O–H groups in total. The average Bonchev–Trinajstić information content (AvgIpc) is 3.16. The first kappa shape index (κ1) is 28.1. The van der Waals surface area contributed by atoms with Crippen molar-refractivity contribution in [2.24, 2.45) is 45.6 Å². The molecule has 4 aliphatic carbocycles. The van der Waals surface area contributed by atoms with Crippen molar-refractivity contribution in [3.05, 3.63) is 35.4 Å². The number of carboxylic acids is 1. The van der Waals surface area contributed by atoms with Crippen LogP contribution in [0, 0.1) is 22.7 Å². The summed E-state index contributed by atoms with van der Waals surface area (Å²) in [5.74, 6) is -0.170. The van der Waals surface area contributed by atoms with Crippen LogP contribution in [-0.2, 0) is 6.42 Å². The van der Waals surface area contributed by atoms with E-state index < -0.39 is 17.0 Å². The van der Waals surface area contributed by atoms with Crippen molar-refractivity contribution in [3.8, 4) is 0 Å². The van der Waals surface area contributed by atoms with Crippen LogP contribution in [0.1, 0.15) is 120 Å². The Morgan fingerprint density at radius 2 is 1.66 bits per heavy atom. The third-order valence-electron chi connectivity index (χ3n) is 13.2. The molecule has 8 atom stereocenters. The van der Waals surface area contributed by atoms with Gasteiger partial charge in [0.25, 0.3) is 0 Å². The highest BCUT2D eigenvalue weighted by atomic mass is 16.4. The van der Waals surface area contributed by atoms with Gasteiger partial charge in [-0.05, 0) is 93.1 Å². The van der Waals surface area contributed by atoms with E-state index in [4.69, 9.17) is 22.9 Å². The summed E-state index contributed by atoms with van der Waals surface area (Å²) in [4.78, 5) is 11.6. The first-order valence-electron chi connectivity index (χ1n) is 15.3. The van der Waals surface area contributed by atoms with E-state index in [1.807, 2.05) is 12.1 Å². The molecular weight excluding hydrogens is 472 g/mol. The first-order chi connectivity index (χ1) is 17.8. The highest BCUT2D eigenvalue weighted by molar-refractivity contribution is 5.89. The molecule has 212 valence electrons. The van der Waals surface area contributed by atoms with Crippen LogP contribution in [-0.4, -0.2) is 33.2 Å². The van der Waals surface area contributed by atoms with Crippen molar-refractivity contribution in [2.45, 2.75) is 133 Å². The zero-order valence-corrected chi connectivity index (χ0v) is 24.0. The first-order valence-corrected chi connectivity index (χ1v) is 15.3. The lowest BCUT2D eigenvalue weighted by molar-refractivity contribution is -0.177. The van der Waals surface area contributed by atoms with E-state index in [1.165, 1.54) is 12.8 Å². The van der Waals surface area contributed by atoms with E-state index in [9.17, 15) is 9.90 Å². The second kappa shape index (κ2) is 9.29. The number of unbranched alkanes of at least 4 members (excludes halogenated alkanes) is 1. The summed E-state index contributed by atoms with van der Waals surface area (Å²) in [6.07, 6.45) is 14.0. The van der Waals surface area contributed by atoms with Crippen LogP contribution in [0.15, 0.2) is 24.3 Å². The van der Waals surface area contributed by atoms with Crippen molar-refractivity contribution >= 4 is 5.97 Å². The van der Waals surface area contributed by atoms with Crippen LogP contribution in [0.5, 0.6) is 0 Å². The molecule has 38 heavy (non-hydrogen) atoms. The largest absolute Gasteiger partial charge is 0.478 e. The molecule has 6 nitrogen and oxygen atoms in total. The van der Waals surface area contributed by atoms with Gasteiger partial charge in [-0.25, -0.2) is 4.79 Å². The standard InChI is InChI=1S/C32H52N4O2/c1-4-23-21-31(35)25-14-18-29(33,16-8-7-12-22-11-5-6-13-24(22)26(37)38)27(25,2)19-20-32(31,36)28(3)15-9-10-17-30(23,28)34/h5-6,11,13,23,25H,4,7-10,12,14-21,33-36H2,1-3H3,(H,37,38)/t23-,25?,27?,28?,29+,30?,31?,32-/m0/s1. The Kier molecular flexibility index (Phi) is 6.86. The molecule has 5 rings (SSSR count). The summed E-state index contributed by atoms with van der Waals surface area (Å²) in [6, 6.07) is 7.35. The third-order valence-corrected chi connectivity index (χ3v) is 13.2.